The molecular formula is C21H23N3O2. The Hall–Kier alpha value is -2.69. The average Bonchev–Trinajstić information content (AvgIpc) is 3.33. The maximum absolute atomic E-state index is 12.7. The Morgan fingerprint density at radius 2 is 1.85 bits per heavy atom. The quantitative estimate of drug-likeness (QED) is 0.927. The van der Waals surface area contributed by atoms with Gasteiger partial charge in [0.25, 0.3) is 11.8 Å². The van der Waals surface area contributed by atoms with Gasteiger partial charge in [-0.1, -0.05) is 24.3 Å². The summed E-state index contributed by atoms with van der Waals surface area (Å²) < 4.78 is 0. The van der Waals surface area contributed by atoms with Crippen LogP contribution >= 0.6 is 0 Å². The maximum Gasteiger partial charge on any atom is 0.272 e. The number of piperidine rings is 1. The summed E-state index contributed by atoms with van der Waals surface area (Å²) in [7, 11) is 0. The molecule has 1 spiro atoms. The van der Waals surface area contributed by atoms with Gasteiger partial charge in [0.1, 0.15) is 5.69 Å². The van der Waals surface area contributed by atoms with Gasteiger partial charge in [-0.15, -0.1) is 0 Å². The molecule has 2 aromatic rings. The highest BCUT2D eigenvalue weighted by Crippen LogP contribution is 2.54. The van der Waals surface area contributed by atoms with Gasteiger partial charge in [-0.25, -0.2) is 0 Å². The van der Waals surface area contributed by atoms with Crippen molar-refractivity contribution in [3.63, 3.8) is 0 Å². The van der Waals surface area contributed by atoms with Gasteiger partial charge in [0.2, 0.25) is 0 Å². The molecule has 1 N–H and O–H groups in total. The third kappa shape index (κ3) is 3.09. The standard InChI is InChI=1S/C21H23N3O2/c1-15-6-5-11-22-18(15)20(26)24-12-9-21(10-13-24)14-17(21)23-19(25)16-7-3-2-4-8-16/h2-8,11,17H,9-10,12-14H2,1H3,(H,23,25). The van der Waals surface area contributed by atoms with Crippen molar-refractivity contribution in [1.29, 1.82) is 0 Å². The minimum absolute atomic E-state index is 0.00455. The van der Waals surface area contributed by atoms with Crippen LogP contribution in [0.3, 0.4) is 0 Å². The second-order valence-electron chi connectivity index (χ2n) is 7.42. The fourth-order valence-corrected chi connectivity index (χ4v) is 3.95. The smallest absolute Gasteiger partial charge is 0.272 e. The molecule has 2 amide bonds. The molecule has 1 aromatic heterocycles. The van der Waals surface area contributed by atoms with E-state index in [9.17, 15) is 9.59 Å². The van der Waals surface area contributed by atoms with Crippen molar-refractivity contribution in [2.45, 2.75) is 32.2 Å². The van der Waals surface area contributed by atoms with Gasteiger partial charge < -0.3 is 10.2 Å². The number of aromatic nitrogens is 1. The Morgan fingerprint density at radius 3 is 2.54 bits per heavy atom. The van der Waals surface area contributed by atoms with E-state index >= 15 is 0 Å². The van der Waals surface area contributed by atoms with Crippen LogP contribution in [-0.4, -0.2) is 40.8 Å². The first kappa shape index (κ1) is 16.8. The highest BCUT2D eigenvalue weighted by molar-refractivity contribution is 5.95. The molecule has 1 aliphatic carbocycles. The zero-order valence-corrected chi connectivity index (χ0v) is 14.9. The summed E-state index contributed by atoms with van der Waals surface area (Å²) in [5.74, 6) is 0.0126. The molecule has 1 aliphatic heterocycles. The normalized spacial score (nSPS) is 20.7. The Morgan fingerprint density at radius 1 is 1.12 bits per heavy atom. The van der Waals surface area contributed by atoms with Crippen LogP contribution in [0.4, 0.5) is 0 Å². The number of aryl methyl sites for hydroxylation is 1. The van der Waals surface area contributed by atoms with E-state index < -0.39 is 0 Å². The summed E-state index contributed by atoms with van der Waals surface area (Å²) in [6.45, 7) is 3.38. The largest absolute Gasteiger partial charge is 0.349 e. The molecule has 0 bridgehead atoms. The fraction of sp³-hybridized carbons (Fsp3) is 0.381. The van der Waals surface area contributed by atoms with Gasteiger partial charge in [0.15, 0.2) is 0 Å². The predicted molar refractivity (Wildman–Crippen MR) is 98.9 cm³/mol. The molecule has 1 saturated heterocycles. The van der Waals surface area contributed by atoms with Crippen LogP contribution in [0.15, 0.2) is 48.7 Å². The lowest BCUT2D eigenvalue weighted by molar-refractivity contribution is 0.0661. The lowest BCUT2D eigenvalue weighted by atomic mass is 9.92. The molecule has 5 nitrogen and oxygen atoms in total. The zero-order valence-electron chi connectivity index (χ0n) is 14.9. The molecule has 5 heteroatoms. The van der Waals surface area contributed by atoms with Crippen molar-refractivity contribution >= 4 is 11.8 Å². The van der Waals surface area contributed by atoms with E-state index in [4.69, 9.17) is 0 Å². The number of carbonyl (C=O) groups excluding carboxylic acids is 2. The molecule has 1 saturated carbocycles. The summed E-state index contributed by atoms with van der Waals surface area (Å²) in [5.41, 5.74) is 2.33. The first-order chi connectivity index (χ1) is 12.6. The molecule has 1 unspecified atom stereocenters. The molecule has 2 heterocycles. The zero-order chi connectivity index (χ0) is 18.1. The van der Waals surface area contributed by atoms with Gasteiger partial charge in [-0.3, -0.25) is 14.6 Å². The van der Waals surface area contributed by atoms with E-state index in [2.05, 4.69) is 10.3 Å². The van der Waals surface area contributed by atoms with E-state index in [1.807, 2.05) is 54.3 Å². The van der Waals surface area contributed by atoms with Crippen LogP contribution in [0, 0.1) is 12.3 Å². The van der Waals surface area contributed by atoms with Crippen molar-refractivity contribution in [1.82, 2.24) is 15.2 Å². The Balaban J connectivity index is 1.34. The van der Waals surface area contributed by atoms with Crippen LogP contribution < -0.4 is 5.32 Å². The molecule has 0 radical (unpaired) electrons. The summed E-state index contributed by atoms with van der Waals surface area (Å²) in [6, 6.07) is 13.3. The number of carbonyl (C=O) groups is 2. The lowest BCUT2D eigenvalue weighted by Crippen LogP contribution is -2.42. The molecule has 1 aromatic carbocycles. The van der Waals surface area contributed by atoms with Gasteiger partial charge in [0, 0.05) is 30.9 Å². The van der Waals surface area contributed by atoms with E-state index in [1.165, 1.54) is 0 Å². The predicted octanol–water partition coefficient (Wildman–Crippen LogP) is 2.81. The van der Waals surface area contributed by atoms with Crippen molar-refractivity contribution in [3.05, 3.63) is 65.5 Å². The fourth-order valence-electron chi connectivity index (χ4n) is 3.95. The van der Waals surface area contributed by atoms with E-state index in [1.54, 1.807) is 6.20 Å². The lowest BCUT2D eigenvalue weighted by Gasteiger charge is -2.33. The Bertz CT molecular complexity index is 826. The van der Waals surface area contributed by atoms with Crippen molar-refractivity contribution in [3.8, 4) is 0 Å². The molecular weight excluding hydrogens is 326 g/mol. The van der Waals surface area contributed by atoms with Gasteiger partial charge in [0.05, 0.1) is 0 Å². The Kier molecular flexibility index (Phi) is 4.23. The Labute approximate surface area is 153 Å². The second-order valence-corrected chi connectivity index (χ2v) is 7.42. The summed E-state index contributed by atoms with van der Waals surface area (Å²) in [5, 5.41) is 3.16. The van der Waals surface area contributed by atoms with Crippen molar-refractivity contribution in [2.75, 3.05) is 13.1 Å². The van der Waals surface area contributed by atoms with Gasteiger partial charge >= 0.3 is 0 Å². The number of likely N-dealkylation sites (tertiary alicyclic amines) is 1. The highest BCUT2D eigenvalue weighted by atomic mass is 16.2. The molecule has 26 heavy (non-hydrogen) atoms. The monoisotopic (exact) mass is 349 g/mol. The number of hydrogen-bond acceptors (Lipinski definition) is 3. The summed E-state index contributed by atoms with van der Waals surface area (Å²) in [4.78, 5) is 31.2. The maximum atomic E-state index is 12.7. The highest BCUT2D eigenvalue weighted by Gasteiger charge is 2.56. The molecule has 2 fully saturated rings. The molecule has 134 valence electrons. The minimum Gasteiger partial charge on any atom is -0.349 e. The number of rotatable bonds is 3. The summed E-state index contributed by atoms with van der Waals surface area (Å²) >= 11 is 0. The molecule has 4 rings (SSSR count). The first-order valence-corrected chi connectivity index (χ1v) is 9.16. The van der Waals surface area contributed by atoms with Crippen LogP contribution in [-0.2, 0) is 0 Å². The summed E-state index contributed by atoms with van der Waals surface area (Å²) in [6.07, 6.45) is 4.55. The third-order valence-electron chi connectivity index (χ3n) is 5.79. The van der Waals surface area contributed by atoms with E-state index in [0.717, 1.165) is 37.9 Å². The van der Waals surface area contributed by atoms with Crippen molar-refractivity contribution < 1.29 is 9.59 Å². The van der Waals surface area contributed by atoms with Crippen LogP contribution in [0.25, 0.3) is 0 Å². The van der Waals surface area contributed by atoms with Gasteiger partial charge in [-0.05, 0) is 55.4 Å². The van der Waals surface area contributed by atoms with Gasteiger partial charge in [-0.2, -0.15) is 0 Å². The molecule has 1 atom stereocenters. The third-order valence-corrected chi connectivity index (χ3v) is 5.79. The number of hydrogen-bond donors (Lipinski definition) is 1. The minimum atomic E-state index is -0.00455. The SMILES string of the molecule is Cc1cccnc1C(=O)N1CCC2(CC1)CC2NC(=O)c1ccccc1. The number of nitrogens with one attached hydrogen (secondary N) is 1. The second kappa shape index (κ2) is 6.56. The topological polar surface area (TPSA) is 62.3 Å². The number of amides is 2. The average molecular weight is 349 g/mol. The number of benzene rings is 1. The van der Waals surface area contributed by atoms with Crippen LogP contribution in [0.5, 0.6) is 0 Å². The van der Waals surface area contributed by atoms with Crippen LogP contribution in [0.2, 0.25) is 0 Å². The van der Waals surface area contributed by atoms with E-state index in [0.29, 0.717) is 11.3 Å². The van der Waals surface area contributed by atoms with Crippen LogP contribution in [0.1, 0.15) is 45.7 Å². The number of nitrogens with zero attached hydrogens (tertiary/aromatic N) is 2. The number of pyridine rings is 1. The van der Waals surface area contributed by atoms with E-state index in [-0.39, 0.29) is 23.3 Å². The molecule has 2 aliphatic rings. The first-order valence-electron chi connectivity index (χ1n) is 9.16. The van der Waals surface area contributed by atoms with Crippen molar-refractivity contribution in [2.24, 2.45) is 5.41 Å².